The van der Waals surface area contributed by atoms with Crippen molar-refractivity contribution in [3.05, 3.63) is 91.9 Å². The molecule has 1 amide bonds. The molecule has 0 radical (unpaired) electrons. The lowest BCUT2D eigenvalue weighted by Crippen LogP contribution is -2.49. The molecule has 11 heteroatoms. The number of amides is 1. The molecule has 2 saturated heterocycles. The quantitative estimate of drug-likeness (QED) is 0.249. The predicted octanol–water partition coefficient (Wildman–Crippen LogP) is 5.31. The molecule has 0 saturated carbocycles. The van der Waals surface area contributed by atoms with E-state index >= 15 is 0 Å². The van der Waals surface area contributed by atoms with E-state index in [-0.39, 0.29) is 22.8 Å². The first-order valence-electron chi connectivity index (χ1n) is 14.1. The molecule has 43 heavy (non-hydrogen) atoms. The molecule has 222 valence electrons. The minimum absolute atomic E-state index is 0.0576. The van der Waals surface area contributed by atoms with Gasteiger partial charge in [-0.25, -0.2) is 4.39 Å². The highest BCUT2D eigenvalue weighted by Crippen LogP contribution is 2.37. The summed E-state index contributed by atoms with van der Waals surface area (Å²) < 4.78 is 21.8. The minimum Gasteiger partial charge on any atom is -0.497 e. The number of aromatic nitrogens is 1. The van der Waals surface area contributed by atoms with Crippen LogP contribution in [0.1, 0.15) is 35.6 Å². The molecular formula is C32H32FN5O3S2. The number of thiocarbonyl (C=S) groups is 1. The van der Waals surface area contributed by atoms with Gasteiger partial charge in [0.15, 0.2) is 0 Å². The van der Waals surface area contributed by atoms with Gasteiger partial charge < -0.3 is 14.5 Å². The van der Waals surface area contributed by atoms with Gasteiger partial charge >= 0.3 is 0 Å². The predicted molar refractivity (Wildman–Crippen MR) is 173 cm³/mol. The molecule has 5 rings (SSSR count). The number of ether oxygens (including phenoxy) is 1. The van der Waals surface area contributed by atoms with E-state index in [2.05, 4.69) is 11.0 Å². The molecule has 1 aromatic heterocycles. The normalized spacial score (nSPS) is 16.3. The highest BCUT2D eigenvalue weighted by molar-refractivity contribution is 8.26. The van der Waals surface area contributed by atoms with Crippen molar-refractivity contribution in [2.75, 3.05) is 43.1 Å². The van der Waals surface area contributed by atoms with Crippen LogP contribution in [0.25, 0.3) is 6.08 Å². The first kappa shape index (κ1) is 30.3. The van der Waals surface area contributed by atoms with Gasteiger partial charge in [0, 0.05) is 38.3 Å². The highest BCUT2D eigenvalue weighted by atomic mass is 32.2. The lowest BCUT2D eigenvalue weighted by molar-refractivity contribution is -0.122. The van der Waals surface area contributed by atoms with Gasteiger partial charge in [-0.1, -0.05) is 55.2 Å². The standard InChI is InChI=1S/C32H32FN5O3S2/c1-4-13-37-29(36-16-14-35(15-17-36)27-8-6-5-7-26(27)33)24(21(2)25(19-34)30(37)39)18-28-31(40)38(32(42)43-28)20-22-9-11-23(41-3)12-10-22/h5-12,18H,4,13-17,20H2,1-3H3/b28-18+. The van der Waals surface area contributed by atoms with E-state index in [0.717, 1.165) is 11.3 Å². The monoisotopic (exact) mass is 617 g/mol. The number of carbonyl (C=O) groups excluding carboxylic acids is 1. The summed E-state index contributed by atoms with van der Waals surface area (Å²) in [5.41, 5.74) is 2.33. The van der Waals surface area contributed by atoms with Gasteiger partial charge in [0.05, 0.1) is 24.2 Å². The Hall–Kier alpha value is -4.14. The molecule has 0 N–H and O–H groups in total. The number of rotatable bonds is 8. The number of hydrogen-bond donors (Lipinski definition) is 0. The zero-order valence-corrected chi connectivity index (χ0v) is 25.9. The molecule has 2 fully saturated rings. The van der Waals surface area contributed by atoms with Crippen molar-refractivity contribution < 1.29 is 13.9 Å². The summed E-state index contributed by atoms with van der Waals surface area (Å²) in [7, 11) is 1.60. The number of nitrogens with zero attached hydrogens (tertiary/aromatic N) is 5. The number of carbonyl (C=O) groups is 1. The number of piperazine rings is 1. The van der Waals surface area contributed by atoms with Gasteiger partial charge in [-0.3, -0.25) is 19.1 Å². The van der Waals surface area contributed by atoms with Crippen molar-refractivity contribution in [2.24, 2.45) is 0 Å². The Bertz CT molecular complexity index is 1690. The molecule has 3 aromatic rings. The van der Waals surface area contributed by atoms with Crippen LogP contribution in [-0.4, -0.2) is 53.0 Å². The van der Waals surface area contributed by atoms with Gasteiger partial charge in [-0.2, -0.15) is 5.26 Å². The molecule has 2 aliphatic rings. The number of benzene rings is 2. The van der Waals surface area contributed by atoms with Crippen LogP contribution in [-0.2, 0) is 17.9 Å². The maximum Gasteiger partial charge on any atom is 0.270 e. The lowest BCUT2D eigenvalue weighted by Gasteiger charge is -2.39. The zero-order chi connectivity index (χ0) is 30.7. The van der Waals surface area contributed by atoms with Crippen LogP contribution in [0.2, 0.25) is 0 Å². The van der Waals surface area contributed by atoms with Gasteiger partial charge in [0.25, 0.3) is 11.5 Å². The summed E-state index contributed by atoms with van der Waals surface area (Å²) >= 11 is 6.81. The van der Waals surface area contributed by atoms with Crippen LogP contribution in [0.15, 0.2) is 58.2 Å². The third-order valence-electron chi connectivity index (χ3n) is 7.71. The van der Waals surface area contributed by atoms with Crippen LogP contribution < -0.4 is 20.1 Å². The number of thioether (sulfide) groups is 1. The summed E-state index contributed by atoms with van der Waals surface area (Å²) in [4.78, 5) is 33.3. The number of halogens is 1. The van der Waals surface area contributed by atoms with Gasteiger partial charge in [0.2, 0.25) is 0 Å². The van der Waals surface area contributed by atoms with Crippen LogP contribution in [0.4, 0.5) is 15.9 Å². The second kappa shape index (κ2) is 13.0. The second-order valence-corrected chi connectivity index (χ2v) is 12.0. The Morgan fingerprint density at radius 3 is 2.37 bits per heavy atom. The summed E-state index contributed by atoms with van der Waals surface area (Å²) in [5, 5.41) is 9.95. The smallest absolute Gasteiger partial charge is 0.270 e. The third-order valence-corrected chi connectivity index (χ3v) is 9.09. The number of anilines is 2. The minimum atomic E-state index is -0.349. The number of para-hydroxylation sites is 1. The molecule has 0 bridgehead atoms. The fourth-order valence-electron chi connectivity index (χ4n) is 5.46. The lowest BCUT2D eigenvalue weighted by atomic mass is 10.0. The van der Waals surface area contributed by atoms with Gasteiger partial charge in [-0.05, 0) is 54.8 Å². The number of pyridine rings is 1. The fraction of sp³-hybridized carbons (Fsp3) is 0.312. The number of hydrogen-bond acceptors (Lipinski definition) is 8. The number of methoxy groups -OCH3 is 1. The third kappa shape index (κ3) is 6.03. The van der Waals surface area contributed by atoms with E-state index in [1.807, 2.05) is 42.2 Å². The first-order chi connectivity index (χ1) is 20.8. The molecule has 0 unspecified atom stereocenters. The average molecular weight is 618 g/mol. The first-order valence-corrected chi connectivity index (χ1v) is 15.3. The number of nitriles is 1. The Labute approximate surface area is 260 Å². The van der Waals surface area contributed by atoms with Crippen molar-refractivity contribution in [2.45, 2.75) is 33.4 Å². The Kier molecular flexibility index (Phi) is 9.18. The van der Waals surface area contributed by atoms with E-state index in [1.54, 1.807) is 41.7 Å². The Balaban J connectivity index is 1.52. The van der Waals surface area contributed by atoms with E-state index in [1.165, 1.54) is 17.8 Å². The van der Waals surface area contributed by atoms with Crippen LogP contribution in [0.5, 0.6) is 5.75 Å². The molecule has 8 nitrogen and oxygen atoms in total. The van der Waals surface area contributed by atoms with E-state index in [4.69, 9.17) is 17.0 Å². The summed E-state index contributed by atoms with van der Waals surface area (Å²) in [6.07, 6.45) is 2.45. The molecule has 0 atom stereocenters. The van der Waals surface area contributed by atoms with E-state index < -0.39 is 0 Å². The van der Waals surface area contributed by atoms with Gasteiger partial charge in [0.1, 0.15) is 33.3 Å². The molecule has 2 aromatic carbocycles. The van der Waals surface area contributed by atoms with Crippen molar-refractivity contribution in [1.82, 2.24) is 9.47 Å². The summed E-state index contributed by atoms with van der Waals surface area (Å²) in [6.45, 7) is 6.60. The maximum atomic E-state index is 14.5. The van der Waals surface area contributed by atoms with Crippen molar-refractivity contribution in [3.63, 3.8) is 0 Å². The zero-order valence-electron chi connectivity index (χ0n) is 24.3. The average Bonchev–Trinajstić information content (AvgIpc) is 3.28. The van der Waals surface area contributed by atoms with Crippen molar-refractivity contribution in [1.29, 1.82) is 5.26 Å². The molecule has 3 heterocycles. The van der Waals surface area contributed by atoms with Crippen LogP contribution in [0.3, 0.4) is 0 Å². The largest absolute Gasteiger partial charge is 0.497 e. The topological polar surface area (TPSA) is 81.8 Å². The summed E-state index contributed by atoms with van der Waals surface area (Å²) in [6, 6.07) is 16.3. The highest BCUT2D eigenvalue weighted by Gasteiger charge is 2.34. The van der Waals surface area contributed by atoms with Crippen LogP contribution >= 0.6 is 24.0 Å². The van der Waals surface area contributed by atoms with E-state index in [9.17, 15) is 19.2 Å². The molecule has 0 aliphatic carbocycles. The SMILES string of the molecule is CCCn1c(N2CCN(c3ccccc3F)CC2)c(/C=C2/SC(=S)N(Cc3ccc(OC)cc3)C2=O)c(C)c(C#N)c1=O. The maximum absolute atomic E-state index is 14.5. The molecule has 0 spiro atoms. The van der Waals surface area contributed by atoms with Gasteiger partial charge in [-0.15, -0.1) is 0 Å². The summed E-state index contributed by atoms with van der Waals surface area (Å²) in [5.74, 6) is 0.886. The Morgan fingerprint density at radius 2 is 1.74 bits per heavy atom. The Morgan fingerprint density at radius 1 is 1.07 bits per heavy atom. The second-order valence-electron chi connectivity index (χ2n) is 10.3. The fourth-order valence-corrected chi connectivity index (χ4v) is 6.70. The molecule has 2 aliphatic heterocycles. The molecular weight excluding hydrogens is 586 g/mol. The van der Waals surface area contributed by atoms with Crippen molar-refractivity contribution >= 4 is 51.8 Å². The van der Waals surface area contributed by atoms with Crippen LogP contribution in [0, 0.1) is 24.1 Å². The van der Waals surface area contributed by atoms with E-state index in [0.29, 0.717) is 77.5 Å². The van der Waals surface area contributed by atoms with Crippen molar-refractivity contribution in [3.8, 4) is 11.8 Å².